The molecule has 2 aliphatic rings. The van der Waals surface area contributed by atoms with E-state index in [-0.39, 0.29) is 30.6 Å². The third-order valence-corrected chi connectivity index (χ3v) is 23.5. The minimum atomic E-state index is -2.68. The third kappa shape index (κ3) is 6.16. The molecule has 2 aliphatic heterocycles. The van der Waals surface area contributed by atoms with Gasteiger partial charge in [0.2, 0.25) is 0 Å². The average molecular weight is 585 g/mol. The van der Waals surface area contributed by atoms with Crippen LogP contribution in [0.4, 0.5) is 4.39 Å². The molecule has 0 amide bonds. The number of hydrogen-bond acceptors (Lipinski definition) is 5. The van der Waals surface area contributed by atoms with Crippen molar-refractivity contribution < 1.29 is 13.9 Å². The van der Waals surface area contributed by atoms with E-state index in [1.807, 2.05) is 4.68 Å². The summed E-state index contributed by atoms with van der Waals surface area (Å²) in [5, 5.41) is 9.59. The van der Waals surface area contributed by atoms with Crippen molar-refractivity contribution in [1.82, 2.24) is 19.9 Å². The minimum absolute atomic E-state index is 0.0136. The van der Waals surface area contributed by atoms with Gasteiger partial charge in [0, 0.05) is 0 Å². The third-order valence-electron chi connectivity index (χ3n) is 8.48. The number of ether oxygens (including phenoxy) is 1. The van der Waals surface area contributed by atoms with E-state index in [2.05, 4.69) is 31.9 Å². The van der Waals surface area contributed by atoms with E-state index < -0.39 is 18.4 Å². The zero-order chi connectivity index (χ0) is 24.6. The van der Waals surface area contributed by atoms with E-state index in [0.717, 1.165) is 25.8 Å². The molecule has 8 heteroatoms. The number of carbonyl (C=O) groups excluding carboxylic acids is 1. The molecular weight excluding hydrogens is 538 g/mol. The van der Waals surface area contributed by atoms with Crippen LogP contribution >= 0.6 is 0 Å². The fourth-order valence-electron chi connectivity index (χ4n) is 6.59. The molecule has 6 nitrogen and oxygen atoms in total. The summed E-state index contributed by atoms with van der Waals surface area (Å²) in [7, 11) is 1.49. The van der Waals surface area contributed by atoms with Gasteiger partial charge in [-0.15, -0.1) is 0 Å². The van der Waals surface area contributed by atoms with Crippen LogP contribution in [0.1, 0.15) is 91.0 Å². The Bertz CT molecular complexity index is 739. The van der Waals surface area contributed by atoms with Crippen LogP contribution in [0.15, 0.2) is 6.20 Å². The SMILES string of the molecule is CCC[CH2][Sn]([CH2]CCC)([CH2]CCC)[c]1cn(C2CC3CCC(C2C(=O)OC)N3CCCF)nn1. The summed E-state index contributed by atoms with van der Waals surface area (Å²) in [6.07, 6.45) is 13.3. The average Bonchev–Trinajstić information content (AvgIpc) is 3.45. The fraction of sp³-hybridized carbons (Fsp3) is 0.885. The molecule has 3 rings (SSSR count). The molecule has 0 aromatic carbocycles. The van der Waals surface area contributed by atoms with Crippen molar-refractivity contribution in [2.24, 2.45) is 5.92 Å². The summed E-state index contributed by atoms with van der Waals surface area (Å²) >= 11 is -2.68. The Morgan fingerprint density at radius 3 is 2.26 bits per heavy atom. The Labute approximate surface area is 210 Å². The molecule has 4 atom stereocenters. The van der Waals surface area contributed by atoms with Gasteiger partial charge in [0.05, 0.1) is 0 Å². The number of aromatic nitrogens is 3. The van der Waals surface area contributed by atoms with Gasteiger partial charge in [0.15, 0.2) is 0 Å². The number of carbonyl (C=O) groups is 1. The van der Waals surface area contributed by atoms with Gasteiger partial charge in [-0.3, -0.25) is 0 Å². The number of nitrogens with zero attached hydrogens (tertiary/aromatic N) is 4. The Morgan fingerprint density at radius 2 is 1.71 bits per heavy atom. The maximum atomic E-state index is 13.0. The number of unbranched alkanes of at least 4 members (excludes halogenated alkanes) is 3. The van der Waals surface area contributed by atoms with E-state index in [1.165, 1.54) is 62.7 Å². The second-order valence-electron chi connectivity index (χ2n) is 10.6. The van der Waals surface area contributed by atoms with Crippen LogP contribution in [-0.2, 0) is 9.53 Å². The van der Waals surface area contributed by atoms with Gasteiger partial charge in [-0.2, -0.15) is 0 Å². The first kappa shape index (κ1) is 27.9. The van der Waals surface area contributed by atoms with Gasteiger partial charge in [-0.05, 0) is 0 Å². The van der Waals surface area contributed by atoms with Crippen molar-refractivity contribution >= 4 is 28.1 Å². The molecule has 0 saturated carbocycles. The van der Waals surface area contributed by atoms with E-state index in [1.54, 1.807) is 0 Å². The maximum absolute atomic E-state index is 13.0. The summed E-state index contributed by atoms with van der Waals surface area (Å²) in [4.78, 5) is 15.4. The molecule has 0 spiro atoms. The Hall–Kier alpha value is -0.701. The van der Waals surface area contributed by atoms with Gasteiger partial charge < -0.3 is 0 Å². The van der Waals surface area contributed by atoms with Gasteiger partial charge in [0.25, 0.3) is 0 Å². The van der Waals surface area contributed by atoms with Crippen molar-refractivity contribution in [2.75, 3.05) is 20.3 Å². The van der Waals surface area contributed by atoms with Crippen LogP contribution in [0.5, 0.6) is 0 Å². The summed E-state index contributed by atoms with van der Waals surface area (Å²) in [5.74, 6) is -0.417. The first-order valence-corrected chi connectivity index (χ1v) is 21.3. The van der Waals surface area contributed by atoms with E-state index in [4.69, 9.17) is 15.0 Å². The fourth-order valence-corrected chi connectivity index (χ4v) is 21.6. The molecule has 34 heavy (non-hydrogen) atoms. The van der Waals surface area contributed by atoms with E-state index >= 15 is 0 Å². The second-order valence-corrected chi connectivity index (χ2v) is 23.7. The van der Waals surface area contributed by atoms with Gasteiger partial charge >= 0.3 is 211 Å². The second kappa shape index (κ2) is 13.6. The Balaban J connectivity index is 1.91. The molecule has 1 aromatic heterocycles. The number of alkyl halides is 1. The molecule has 0 N–H and O–H groups in total. The van der Waals surface area contributed by atoms with Crippen LogP contribution in [0.2, 0.25) is 13.3 Å². The van der Waals surface area contributed by atoms with Gasteiger partial charge in [0.1, 0.15) is 0 Å². The van der Waals surface area contributed by atoms with Crippen LogP contribution < -0.4 is 3.71 Å². The summed E-state index contributed by atoms with van der Waals surface area (Å²) in [5.41, 5.74) is 0. The molecule has 194 valence electrons. The molecule has 0 aliphatic carbocycles. The topological polar surface area (TPSA) is 60.2 Å². The summed E-state index contributed by atoms with van der Waals surface area (Å²) in [6, 6.07) is 0.493. The van der Waals surface area contributed by atoms with Crippen LogP contribution in [-0.4, -0.2) is 76.7 Å². The predicted molar refractivity (Wildman–Crippen MR) is 138 cm³/mol. The molecule has 4 unspecified atom stereocenters. The molecule has 2 fully saturated rings. The molecule has 1 aromatic rings. The number of esters is 1. The Kier molecular flexibility index (Phi) is 11.1. The van der Waals surface area contributed by atoms with Crippen molar-refractivity contribution in [3.63, 3.8) is 0 Å². The van der Waals surface area contributed by atoms with Crippen molar-refractivity contribution in [1.29, 1.82) is 0 Å². The molecule has 2 bridgehead atoms. The van der Waals surface area contributed by atoms with Crippen molar-refractivity contribution in [2.45, 2.75) is 116 Å². The van der Waals surface area contributed by atoms with E-state index in [9.17, 15) is 9.18 Å². The van der Waals surface area contributed by atoms with Crippen LogP contribution in [0.3, 0.4) is 0 Å². The van der Waals surface area contributed by atoms with Crippen molar-refractivity contribution in [3.05, 3.63) is 6.20 Å². The first-order valence-electron chi connectivity index (χ1n) is 13.9. The van der Waals surface area contributed by atoms with Crippen LogP contribution in [0, 0.1) is 5.92 Å². The number of piperidine rings is 1. The molecule has 3 heterocycles. The first-order chi connectivity index (χ1) is 16.5. The normalized spacial score (nSPS) is 25.1. The predicted octanol–water partition coefficient (Wildman–Crippen LogP) is 5.26. The zero-order valence-electron chi connectivity index (χ0n) is 22.0. The van der Waals surface area contributed by atoms with Gasteiger partial charge in [-0.1, -0.05) is 0 Å². The number of rotatable bonds is 15. The summed E-state index contributed by atoms with van der Waals surface area (Å²) in [6.45, 7) is 7.29. The number of halogens is 1. The molecule has 2 saturated heterocycles. The standard InChI is InChI=1S/C14H20FN4O2.3C4H9.Sn/c1-21-14(20)13-11-4-3-10(18(11)7-2-5-15)9-12(13)19-8-6-16-17-19;3*1-3-4-2;/h8,10-13H,2-5,7,9H2,1H3;3*1,3-4H2,2H3;. The number of fused-ring (bicyclic) bond motifs is 2. The van der Waals surface area contributed by atoms with E-state index in [0.29, 0.717) is 12.5 Å². The zero-order valence-corrected chi connectivity index (χ0v) is 24.8. The summed E-state index contributed by atoms with van der Waals surface area (Å²) < 4.78 is 25.7. The van der Waals surface area contributed by atoms with Gasteiger partial charge in [-0.25, -0.2) is 0 Å². The van der Waals surface area contributed by atoms with Crippen LogP contribution in [0.25, 0.3) is 0 Å². The monoisotopic (exact) mass is 586 g/mol. The number of hydrogen-bond donors (Lipinski definition) is 0. The molecule has 0 radical (unpaired) electrons. The Morgan fingerprint density at radius 1 is 1.06 bits per heavy atom. The molecular formula is C26H47FN4O2Sn. The van der Waals surface area contributed by atoms with Crippen molar-refractivity contribution in [3.8, 4) is 0 Å². The number of methoxy groups -OCH3 is 1. The quantitative estimate of drug-likeness (QED) is 0.208.